The summed E-state index contributed by atoms with van der Waals surface area (Å²) in [4.78, 5) is 7.84. The van der Waals surface area contributed by atoms with Gasteiger partial charge in [-0.25, -0.2) is 9.37 Å². The maximum atomic E-state index is 12.8. The molecule has 2 aromatic rings. The van der Waals surface area contributed by atoms with E-state index >= 15 is 0 Å². The topological polar surface area (TPSA) is 30.7 Å². The first kappa shape index (κ1) is 10.1. The second kappa shape index (κ2) is 4.40. The van der Waals surface area contributed by atoms with Crippen LogP contribution >= 0.6 is 11.6 Å². The Kier molecular flexibility index (Phi) is 2.97. The Morgan fingerprint density at radius 2 is 2.27 bits per heavy atom. The van der Waals surface area contributed by atoms with Crippen molar-refractivity contribution in [2.24, 2.45) is 0 Å². The van der Waals surface area contributed by atoms with Gasteiger partial charge >= 0.3 is 0 Å². The zero-order valence-corrected chi connectivity index (χ0v) is 8.65. The van der Waals surface area contributed by atoms with Crippen LogP contribution in [-0.4, -0.2) is 14.5 Å². The zero-order valence-electron chi connectivity index (χ0n) is 7.90. The molecule has 2 aromatic heterocycles. The predicted molar refractivity (Wildman–Crippen MR) is 55.1 cm³/mol. The summed E-state index contributed by atoms with van der Waals surface area (Å²) in [5.74, 6) is 0.0548. The molecule has 78 valence electrons. The standard InChI is InChI=1S/C10H9ClFN3/c11-2-10-6-15(7-14-10)5-8-1-9(12)4-13-3-8/h1,3-4,6-7H,2,5H2. The quantitative estimate of drug-likeness (QED) is 0.750. The first-order valence-electron chi connectivity index (χ1n) is 4.44. The van der Waals surface area contributed by atoms with E-state index in [0.29, 0.717) is 12.4 Å². The van der Waals surface area contributed by atoms with Crippen LogP contribution in [0.3, 0.4) is 0 Å². The molecule has 0 atom stereocenters. The third kappa shape index (κ3) is 2.53. The highest BCUT2D eigenvalue weighted by atomic mass is 35.5. The number of hydrogen-bond donors (Lipinski definition) is 0. The number of aromatic nitrogens is 3. The molecule has 0 aliphatic rings. The van der Waals surface area contributed by atoms with Gasteiger partial charge < -0.3 is 4.57 Å². The van der Waals surface area contributed by atoms with Gasteiger partial charge in [0.15, 0.2) is 0 Å². The van der Waals surface area contributed by atoms with Gasteiger partial charge in [-0.1, -0.05) is 0 Å². The predicted octanol–water partition coefficient (Wildman–Crippen LogP) is 2.20. The second-order valence-electron chi connectivity index (χ2n) is 3.18. The maximum absolute atomic E-state index is 12.8. The fourth-order valence-electron chi connectivity index (χ4n) is 1.32. The maximum Gasteiger partial charge on any atom is 0.141 e. The zero-order chi connectivity index (χ0) is 10.7. The van der Waals surface area contributed by atoms with Crippen molar-refractivity contribution in [3.63, 3.8) is 0 Å². The van der Waals surface area contributed by atoms with Gasteiger partial charge in [0, 0.05) is 12.4 Å². The number of nitrogens with zero attached hydrogens (tertiary/aromatic N) is 3. The molecule has 0 radical (unpaired) electrons. The van der Waals surface area contributed by atoms with Gasteiger partial charge in [-0.15, -0.1) is 11.6 Å². The number of halogens is 2. The SMILES string of the molecule is Fc1cncc(Cn2cnc(CCl)c2)c1. The van der Waals surface area contributed by atoms with Crippen LogP contribution in [0.1, 0.15) is 11.3 Å². The molecule has 0 unspecified atom stereocenters. The molecular weight excluding hydrogens is 217 g/mol. The molecule has 0 saturated carbocycles. The van der Waals surface area contributed by atoms with Crippen molar-refractivity contribution in [2.45, 2.75) is 12.4 Å². The molecule has 3 nitrogen and oxygen atoms in total. The number of hydrogen-bond acceptors (Lipinski definition) is 2. The number of pyridine rings is 1. The lowest BCUT2D eigenvalue weighted by molar-refractivity contribution is 0.616. The molecule has 0 saturated heterocycles. The Bertz CT molecular complexity index is 455. The summed E-state index contributed by atoms with van der Waals surface area (Å²) in [5.41, 5.74) is 1.61. The van der Waals surface area contributed by atoms with Gasteiger partial charge in [0.05, 0.1) is 30.6 Å². The molecule has 0 amide bonds. The van der Waals surface area contributed by atoms with Gasteiger partial charge in [0.2, 0.25) is 0 Å². The first-order chi connectivity index (χ1) is 7.28. The van der Waals surface area contributed by atoms with Crippen LogP contribution in [-0.2, 0) is 12.4 Å². The largest absolute Gasteiger partial charge is 0.333 e. The normalized spacial score (nSPS) is 10.5. The third-order valence-electron chi connectivity index (χ3n) is 1.95. The lowest BCUT2D eigenvalue weighted by Crippen LogP contribution is -1.97. The summed E-state index contributed by atoms with van der Waals surface area (Å²) in [6, 6.07) is 1.45. The average Bonchev–Trinajstić information content (AvgIpc) is 2.65. The fourth-order valence-corrected chi connectivity index (χ4v) is 1.45. The van der Waals surface area contributed by atoms with Crippen LogP contribution in [0, 0.1) is 5.82 Å². The van der Waals surface area contributed by atoms with E-state index in [1.54, 1.807) is 12.5 Å². The number of alkyl halides is 1. The number of rotatable bonds is 3. The van der Waals surface area contributed by atoms with Crippen LogP contribution in [0.2, 0.25) is 0 Å². The molecular formula is C10H9ClFN3. The smallest absolute Gasteiger partial charge is 0.141 e. The molecule has 0 aliphatic heterocycles. The minimum Gasteiger partial charge on any atom is -0.333 e. The van der Waals surface area contributed by atoms with Gasteiger partial charge in [-0.3, -0.25) is 4.98 Å². The molecule has 0 aliphatic carbocycles. The minimum atomic E-state index is -0.329. The van der Waals surface area contributed by atoms with Gasteiger partial charge in [-0.2, -0.15) is 0 Å². The summed E-state index contributed by atoms with van der Waals surface area (Å²) >= 11 is 5.62. The van der Waals surface area contributed by atoms with E-state index < -0.39 is 0 Å². The summed E-state index contributed by atoms with van der Waals surface area (Å²) in [5, 5.41) is 0. The van der Waals surface area contributed by atoms with Crippen molar-refractivity contribution in [3.8, 4) is 0 Å². The Balaban J connectivity index is 2.14. The van der Waals surface area contributed by atoms with Crippen molar-refractivity contribution < 1.29 is 4.39 Å². The Hall–Kier alpha value is -1.42. The molecule has 0 N–H and O–H groups in total. The number of imidazole rings is 1. The lowest BCUT2D eigenvalue weighted by Gasteiger charge is -2.01. The fraction of sp³-hybridized carbons (Fsp3) is 0.200. The monoisotopic (exact) mass is 225 g/mol. The summed E-state index contributed by atoms with van der Waals surface area (Å²) in [6.45, 7) is 0.550. The van der Waals surface area contributed by atoms with Crippen molar-refractivity contribution in [3.05, 3.63) is 48.1 Å². The van der Waals surface area contributed by atoms with E-state index in [0.717, 1.165) is 11.3 Å². The highest BCUT2D eigenvalue weighted by Gasteiger charge is 2.00. The summed E-state index contributed by atoms with van der Waals surface area (Å²) < 4.78 is 14.7. The van der Waals surface area contributed by atoms with Crippen molar-refractivity contribution in [2.75, 3.05) is 0 Å². The molecule has 0 fully saturated rings. The molecule has 0 spiro atoms. The minimum absolute atomic E-state index is 0.329. The van der Waals surface area contributed by atoms with Gasteiger partial charge in [0.1, 0.15) is 5.82 Å². The van der Waals surface area contributed by atoms with E-state index in [1.165, 1.54) is 12.3 Å². The Labute approximate surface area is 91.5 Å². The Morgan fingerprint density at radius 1 is 1.40 bits per heavy atom. The second-order valence-corrected chi connectivity index (χ2v) is 3.45. The molecule has 5 heteroatoms. The van der Waals surface area contributed by atoms with Crippen molar-refractivity contribution in [1.29, 1.82) is 0 Å². The molecule has 0 aromatic carbocycles. The first-order valence-corrected chi connectivity index (χ1v) is 4.97. The van der Waals surface area contributed by atoms with E-state index in [2.05, 4.69) is 9.97 Å². The van der Waals surface area contributed by atoms with E-state index in [-0.39, 0.29) is 5.82 Å². The van der Waals surface area contributed by atoms with Crippen molar-refractivity contribution in [1.82, 2.24) is 14.5 Å². The summed E-state index contributed by atoms with van der Waals surface area (Å²) in [6.07, 6.45) is 6.31. The third-order valence-corrected chi connectivity index (χ3v) is 2.22. The average molecular weight is 226 g/mol. The molecule has 15 heavy (non-hydrogen) atoms. The molecule has 2 heterocycles. The van der Waals surface area contributed by atoms with Crippen LogP contribution in [0.15, 0.2) is 31.0 Å². The highest BCUT2D eigenvalue weighted by molar-refractivity contribution is 6.16. The van der Waals surface area contributed by atoms with Gasteiger partial charge in [-0.05, 0) is 11.6 Å². The van der Waals surface area contributed by atoms with Crippen LogP contribution in [0.4, 0.5) is 4.39 Å². The van der Waals surface area contributed by atoms with Crippen LogP contribution in [0.25, 0.3) is 0 Å². The van der Waals surface area contributed by atoms with Crippen molar-refractivity contribution >= 4 is 11.6 Å². The summed E-state index contributed by atoms with van der Waals surface area (Å²) in [7, 11) is 0. The van der Waals surface area contributed by atoms with Gasteiger partial charge in [0.25, 0.3) is 0 Å². The van der Waals surface area contributed by atoms with E-state index in [1.807, 2.05) is 10.8 Å². The van der Waals surface area contributed by atoms with Crippen LogP contribution < -0.4 is 0 Å². The lowest BCUT2D eigenvalue weighted by atomic mass is 10.3. The van der Waals surface area contributed by atoms with Crippen LogP contribution in [0.5, 0.6) is 0 Å². The van der Waals surface area contributed by atoms with E-state index in [9.17, 15) is 4.39 Å². The van der Waals surface area contributed by atoms with E-state index in [4.69, 9.17) is 11.6 Å². The molecule has 2 rings (SSSR count). The Morgan fingerprint density at radius 3 is 2.93 bits per heavy atom. The highest BCUT2D eigenvalue weighted by Crippen LogP contribution is 2.06. The molecule has 0 bridgehead atoms.